The van der Waals surface area contributed by atoms with Crippen molar-refractivity contribution in [2.24, 2.45) is 11.3 Å². The van der Waals surface area contributed by atoms with Gasteiger partial charge in [-0.1, -0.05) is 26.8 Å². The minimum atomic E-state index is 0.0891. The zero-order valence-electron chi connectivity index (χ0n) is 13.7. The van der Waals surface area contributed by atoms with Crippen LogP contribution in [0.25, 0.3) is 0 Å². The molecule has 0 heterocycles. The molecule has 0 rings (SSSR count). The molecule has 0 aliphatic rings. The fourth-order valence-corrected chi connectivity index (χ4v) is 1.68. The maximum absolute atomic E-state index is 5.60. The average Bonchev–Trinajstić information content (AvgIpc) is 2.41. The maximum Gasteiger partial charge on any atom is 0.0701 e. The molecule has 0 fully saturated rings. The summed E-state index contributed by atoms with van der Waals surface area (Å²) in [6.07, 6.45) is 3.00. The van der Waals surface area contributed by atoms with Gasteiger partial charge in [0.05, 0.1) is 26.4 Å². The zero-order chi connectivity index (χ0) is 15.3. The highest BCUT2D eigenvalue weighted by molar-refractivity contribution is 4.93. The monoisotopic (exact) mass is 287 g/mol. The average molecular weight is 287 g/mol. The Labute approximate surface area is 124 Å². The molecule has 1 unspecified atom stereocenters. The lowest BCUT2D eigenvalue weighted by Gasteiger charge is -2.26. The van der Waals surface area contributed by atoms with E-state index in [-0.39, 0.29) is 5.41 Å². The molecule has 0 aromatic rings. The van der Waals surface area contributed by atoms with Crippen molar-refractivity contribution in [3.05, 3.63) is 12.7 Å². The standard InChI is InChI=1S/C16H33NO3/c1-6-16(4,14-17-13-15(2)3)7-8-19-11-12-20-10-9-18-5/h6,15,17H,1,7-14H2,2-5H3. The number of rotatable bonds is 14. The molecule has 20 heavy (non-hydrogen) atoms. The van der Waals surface area contributed by atoms with Crippen LogP contribution in [0, 0.1) is 11.3 Å². The summed E-state index contributed by atoms with van der Waals surface area (Å²) in [4.78, 5) is 0. The van der Waals surface area contributed by atoms with Gasteiger partial charge in [0.2, 0.25) is 0 Å². The second-order valence-electron chi connectivity index (χ2n) is 5.85. The summed E-state index contributed by atoms with van der Waals surface area (Å²) < 4.78 is 15.8. The second-order valence-corrected chi connectivity index (χ2v) is 5.85. The van der Waals surface area contributed by atoms with E-state index in [4.69, 9.17) is 14.2 Å². The van der Waals surface area contributed by atoms with Gasteiger partial charge in [-0.05, 0) is 24.3 Å². The van der Waals surface area contributed by atoms with Crippen LogP contribution in [0.5, 0.6) is 0 Å². The van der Waals surface area contributed by atoms with Crippen molar-refractivity contribution in [1.82, 2.24) is 5.32 Å². The summed E-state index contributed by atoms with van der Waals surface area (Å²) >= 11 is 0. The highest BCUT2D eigenvalue weighted by Crippen LogP contribution is 2.21. The van der Waals surface area contributed by atoms with E-state index in [1.54, 1.807) is 7.11 Å². The van der Waals surface area contributed by atoms with Crippen molar-refractivity contribution in [3.8, 4) is 0 Å². The van der Waals surface area contributed by atoms with Crippen LogP contribution in [-0.2, 0) is 14.2 Å². The molecular weight excluding hydrogens is 254 g/mol. The smallest absolute Gasteiger partial charge is 0.0701 e. The van der Waals surface area contributed by atoms with Gasteiger partial charge in [0.25, 0.3) is 0 Å². The van der Waals surface area contributed by atoms with E-state index in [0.29, 0.717) is 32.3 Å². The SMILES string of the molecule is C=CC(C)(CCOCCOCCOC)CNCC(C)C. The van der Waals surface area contributed by atoms with Gasteiger partial charge >= 0.3 is 0 Å². The van der Waals surface area contributed by atoms with E-state index in [9.17, 15) is 0 Å². The lowest BCUT2D eigenvalue weighted by Crippen LogP contribution is -2.33. The number of hydrogen-bond donors (Lipinski definition) is 1. The highest BCUT2D eigenvalue weighted by atomic mass is 16.5. The number of nitrogens with one attached hydrogen (secondary N) is 1. The fraction of sp³-hybridized carbons (Fsp3) is 0.875. The van der Waals surface area contributed by atoms with Crippen LogP contribution >= 0.6 is 0 Å². The van der Waals surface area contributed by atoms with Crippen molar-refractivity contribution in [2.45, 2.75) is 27.2 Å². The summed E-state index contributed by atoms with van der Waals surface area (Å²) in [5, 5.41) is 3.49. The minimum absolute atomic E-state index is 0.0891. The van der Waals surface area contributed by atoms with Crippen molar-refractivity contribution in [1.29, 1.82) is 0 Å². The quantitative estimate of drug-likeness (QED) is 0.393. The van der Waals surface area contributed by atoms with E-state index < -0.39 is 0 Å². The zero-order valence-corrected chi connectivity index (χ0v) is 13.7. The third kappa shape index (κ3) is 11.4. The van der Waals surface area contributed by atoms with Crippen molar-refractivity contribution in [3.63, 3.8) is 0 Å². The van der Waals surface area contributed by atoms with Gasteiger partial charge < -0.3 is 19.5 Å². The lowest BCUT2D eigenvalue weighted by molar-refractivity contribution is 0.0198. The lowest BCUT2D eigenvalue weighted by atomic mass is 9.87. The molecule has 1 N–H and O–H groups in total. The van der Waals surface area contributed by atoms with Gasteiger partial charge in [0.1, 0.15) is 0 Å². The summed E-state index contributed by atoms with van der Waals surface area (Å²) in [6, 6.07) is 0. The molecule has 1 atom stereocenters. The molecule has 0 saturated carbocycles. The van der Waals surface area contributed by atoms with Gasteiger partial charge in [-0.3, -0.25) is 0 Å². The van der Waals surface area contributed by atoms with Crippen LogP contribution in [0.1, 0.15) is 27.2 Å². The van der Waals surface area contributed by atoms with E-state index >= 15 is 0 Å². The van der Waals surface area contributed by atoms with E-state index in [1.807, 2.05) is 6.08 Å². The molecule has 0 aromatic carbocycles. The van der Waals surface area contributed by atoms with Gasteiger partial charge in [-0.2, -0.15) is 0 Å². The Kier molecular flexibility index (Phi) is 12.1. The molecule has 0 radical (unpaired) electrons. The van der Waals surface area contributed by atoms with Crippen molar-refractivity contribution >= 4 is 0 Å². The Balaban J connectivity index is 3.59. The number of methoxy groups -OCH3 is 1. The van der Waals surface area contributed by atoms with E-state index in [0.717, 1.165) is 26.1 Å². The molecule has 0 aliphatic carbocycles. The van der Waals surface area contributed by atoms with E-state index in [2.05, 4.69) is 32.7 Å². The topological polar surface area (TPSA) is 39.7 Å². The van der Waals surface area contributed by atoms with Crippen molar-refractivity contribution < 1.29 is 14.2 Å². The first-order valence-electron chi connectivity index (χ1n) is 7.53. The molecular formula is C16H33NO3. The van der Waals surface area contributed by atoms with Gasteiger partial charge in [-0.25, -0.2) is 0 Å². The second kappa shape index (κ2) is 12.3. The van der Waals surface area contributed by atoms with Crippen LogP contribution in [-0.4, -0.2) is 53.2 Å². The number of ether oxygens (including phenoxy) is 3. The van der Waals surface area contributed by atoms with Crippen LogP contribution in [0.15, 0.2) is 12.7 Å². The molecule has 0 spiro atoms. The normalized spacial score (nSPS) is 14.4. The third-order valence-corrected chi connectivity index (χ3v) is 3.20. The van der Waals surface area contributed by atoms with Crippen LogP contribution in [0.3, 0.4) is 0 Å². The fourth-order valence-electron chi connectivity index (χ4n) is 1.68. The molecule has 0 aliphatic heterocycles. The van der Waals surface area contributed by atoms with Crippen LogP contribution < -0.4 is 5.32 Å². The predicted molar refractivity (Wildman–Crippen MR) is 84.1 cm³/mol. The largest absolute Gasteiger partial charge is 0.382 e. The Morgan fingerprint density at radius 2 is 1.70 bits per heavy atom. The molecule has 120 valence electrons. The third-order valence-electron chi connectivity index (χ3n) is 3.20. The summed E-state index contributed by atoms with van der Waals surface area (Å²) in [6.45, 7) is 15.8. The highest BCUT2D eigenvalue weighted by Gasteiger charge is 2.19. The van der Waals surface area contributed by atoms with E-state index in [1.165, 1.54) is 0 Å². The Morgan fingerprint density at radius 1 is 1.10 bits per heavy atom. The molecule has 0 aromatic heterocycles. The summed E-state index contributed by atoms with van der Waals surface area (Å²) in [7, 11) is 1.67. The molecule has 0 amide bonds. The summed E-state index contributed by atoms with van der Waals surface area (Å²) in [5.41, 5.74) is 0.0891. The number of hydrogen-bond acceptors (Lipinski definition) is 4. The molecule has 0 saturated heterocycles. The van der Waals surface area contributed by atoms with Crippen molar-refractivity contribution in [2.75, 3.05) is 53.2 Å². The minimum Gasteiger partial charge on any atom is -0.382 e. The van der Waals surface area contributed by atoms with Gasteiger partial charge in [-0.15, -0.1) is 6.58 Å². The first-order valence-corrected chi connectivity index (χ1v) is 7.53. The Morgan fingerprint density at radius 3 is 2.25 bits per heavy atom. The van der Waals surface area contributed by atoms with Crippen LogP contribution in [0.4, 0.5) is 0 Å². The molecule has 4 heteroatoms. The first kappa shape index (κ1) is 19.6. The summed E-state index contributed by atoms with van der Waals surface area (Å²) in [5.74, 6) is 0.671. The maximum atomic E-state index is 5.60. The Hall–Kier alpha value is -0.420. The first-order chi connectivity index (χ1) is 9.54. The van der Waals surface area contributed by atoms with Gasteiger partial charge in [0, 0.05) is 20.3 Å². The molecule has 0 bridgehead atoms. The van der Waals surface area contributed by atoms with Crippen LogP contribution in [0.2, 0.25) is 0 Å². The Bertz CT molecular complexity index is 234. The predicted octanol–water partition coefficient (Wildman–Crippen LogP) is 2.49. The molecule has 4 nitrogen and oxygen atoms in total. The van der Waals surface area contributed by atoms with Gasteiger partial charge in [0.15, 0.2) is 0 Å².